The fraction of sp³-hybridized carbons (Fsp3) is 0.125. The molecular formula is C16H15N3O2. The molecular weight excluding hydrogens is 266 g/mol. The monoisotopic (exact) mass is 281 g/mol. The molecule has 0 saturated heterocycles. The lowest BCUT2D eigenvalue weighted by Crippen LogP contribution is -2.00. The number of hydrogen-bond donors (Lipinski definition) is 1. The van der Waals surface area contributed by atoms with Gasteiger partial charge in [-0.25, -0.2) is 0 Å². The molecule has 2 N–H and O–H groups in total. The summed E-state index contributed by atoms with van der Waals surface area (Å²) in [4.78, 5) is 4.31. The maximum absolute atomic E-state index is 5.64. The van der Waals surface area contributed by atoms with E-state index in [1.54, 1.807) is 0 Å². The van der Waals surface area contributed by atoms with Crippen molar-refractivity contribution in [1.29, 1.82) is 0 Å². The van der Waals surface area contributed by atoms with Crippen LogP contribution >= 0.6 is 0 Å². The van der Waals surface area contributed by atoms with Crippen LogP contribution in [0.3, 0.4) is 0 Å². The molecule has 0 aliphatic heterocycles. The first-order valence-electron chi connectivity index (χ1n) is 6.65. The fourth-order valence-electron chi connectivity index (χ4n) is 1.92. The van der Waals surface area contributed by atoms with Gasteiger partial charge in [0.25, 0.3) is 5.89 Å². The summed E-state index contributed by atoms with van der Waals surface area (Å²) in [7, 11) is 0. The first kappa shape index (κ1) is 13.3. The molecule has 106 valence electrons. The number of nitrogens with two attached hydrogens (primary N) is 1. The normalized spacial score (nSPS) is 10.5. The second-order valence-corrected chi connectivity index (χ2v) is 4.52. The Hall–Kier alpha value is -2.66. The molecule has 5 nitrogen and oxygen atoms in total. The molecule has 21 heavy (non-hydrogen) atoms. The Kier molecular flexibility index (Phi) is 3.93. The molecule has 3 rings (SSSR count). The van der Waals surface area contributed by atoms with E-state index < -0.39 is 0 Å². The highest BCUT2D eigenvalue weighted by Gasteiger charge is 2.08. The summed E-state index contributed by atoms with van der Waals surface area (Å²) in [6.07, 6.45) is 0. The molecule has 0 fully saturated rings. The third-order valence-corrected chi connectivity index (χ3v) is 2.99. The Balaban J connectivity index is 1.67. The van der Waals surface area contributed by atoms with Gasteiger partial charge in [0.15, 0.2) is 6.61 Å². The van der Waals surface area contributed by atoms with Crippen LogP contribution in [0.15, 0.2) is 59.1 Å². The largest absolute Gasteiger partial charge is 0.485 e. The van der Waals surface area contributed by atoms with Crippen molar-refractivity contribution in [3.63, 3.8) is 0 Å². The Labute approximate surface area is 122 Å². The van der Waals surface area contributed by atoms with Crippen molar-refractivity contribution in [2.45, 2.75) is 13.2 Å². The number of hydrogen-bond acceptors (Lipinski definition) is 5. The van der Waals surface area contributed by atoms with E-state index in [1.165, 1.54) is 0 Å². The zero-order valence-electron chi connectivity index (χ0n) is 11.4. The van der Waals surface area contributed by atoms with E-state index in [-0.39, 0.29) is 6.61 Å². The molecule has 0 bridgehead atoms. The van der Waals surface area contributed by atoms with Crippen molar-refractivity contribution in [3.05, 3.63) is 66.0 Å². The molecule has 0 aliphatic rings. The second-order valence-electron chi connectivity index (χ2n) is 4.52. The van der Waals surface area contributed by atoms with Gasteiger partial charge in [-0.3, -0.25) is 0 Å². The second kappa shape index (κ2) is 6.19. The molecule has 1 aromatic heterocycles. The van der Waals surface area contributed by atoms with E-state index >= 15 is 0 Å². The number of ether oxygens (including phenoxy) is 1. The van der Waals surface area contributed by atoms with Crippen LogP contribution in [0.25, 0.3) is 11.5 Å². The van der Waals surface area contributed by atoms with E-state index in [1.807, 2.05) is 54.6 Å². The van der Waals surface area contributed by atoms with Crippen molar-refractivity contribution in [1.82, 2.24) is 10.1 Å². The maximum Gasteiger partial charge on any atom is 0.258 e. The van der Waals surface area contributed by atoms with Crippen molar-refractivity contribution in [3.8, 4) is 17.2 Å². The topological polar surface area (TPSA) is 74.2 Å². The Bertz CT molecular complexity index is 710. The zero-order valence-corrected chi connectivity index (χ0v) is 11.4. The summed E-state index contributed by atoms with van der Waals surface area (Å²) >= 11 is 0. The Morgan fingerprint density at radius 2 is 1.90 bits per heavy atom. The standard InChI is InChI=1S/C16H15N3O2/c17-10-12-5-4-8-14(9-12)20-11-15-18-16(21-19-15)13-6-2-1-3-7-13/h1-9H,10-11,17H2. The van der Waals surface area contributed by atoms with Crippen molar-refractivity contribution < 1.29 is 9.26 Å². The van der Waals surface area contributed by atoms with Crippen LogP contribution in [0.4, 0.5) is 0 Å². The summed E-state index contributed by atoms with van der Waals surface area (Å²) in [6, 6.07) is 17.3. The molecule has 2 aromatic carbocycles. The highest BCUT2D eigenvalue weighted by atomic mass is 16.5. The number of nitrogens with zero attached hydrogens (tertiary/aromatic N) is 2. The average molecular weight is 281 g/mol. The fourth-order valence-corrected chi connectivity index (χ4v) is 1.92. The Morgan fingerprint density at radius 1 is 1.05 bits per heavy atom. The van der Waals surface area contributed by atoms with Gasteiger partial charge in [-0.05, 0) is 29.8 Å². The lowest BCUT2D eigenvalue weighted by atomic mass is 10.2. The summed E-state index contributed by atoms with van der Waals surface area (Å²) in [5, 5.41) is 3.91. The Morgan fingerprint density at radius 3 is 2.71 bits per heavy atom. The molecule has 1 heterocycles. The number of rotatable bonds is 5. The quantitative estimate of drug-likeness (QED) is 0.778. The van der Waals surface area contributed by atoms with Gasteiger partial charge in [0.1, 0.15) is 5.75 Å². The van der Waals surface area contributed by atoms with Gasteiger partial charge in [0.05, 0.1) is 0 Å². The molecule has 5 heteroatoms. The molecule has 0 amide bonds. The molecule has 0 unspecified atom stereocenters. The molecule has 0 atom stereocenters. The minimum Gasteiger partial charge on any atom is -0.485 e. The van der Waals surface area contributed by atoms with Crippen molar-refractivity contribution >= 4 is 0 Å². The van der Waals surface area contributed by atoms with E-state index in [4.69, 9.17) is 15.0 Å². The predicted octanol–water partition coefficient (Wildman–Crippen LogP) is 2.77. The van der Waals surface area contributed by atoms with Crippen molar-refractivity contribution in [2.24, 2.45) is 5.73 Å². The molecule has 3 aromatic rings. The zero-order chi connectivity index (χ0) is 14.5. The molecule has 0 saturated carbocycles. The number of aromatic nitrogens is 2. The van der Waals surface area contributed by atoms with E-state index in [0.29, 0.717) is 18.3 Å². The van der Waals surface area contributed by atoms with Gasteiger partial charge in [-0.2, -0.15) is 4.98 Å². The first-order chi connectivity index (χ1) is 10.3. The maximum atomic E-state index is 5.64. The van der Waals surface area contributed by atoms with Gasteiger partial charge in [-0.15, -0.1) is 0 Å². The van der Waals surface area contributed by atoms with Crippen LogP contribution in [0.2, 0.25) is 0 Å². The lowest BCUT2D eigenvalue weighted by molar-refractivity contribution is 0.287. The third-order valence-electron chi connectivity index (χ3n) is 2.99. The third kappa shape index (κ3) is 3.27. The molecule has 0 aliphatic carbocycles. The molecule has 0 spiro atoms. The molecule has 0 radical (unpaired) electrons. The summed E-state index contributed by atoms with van der Waals surface area (Å²) in [5.41, 5.74) is 7.51. The highest BCUT2D eigenvalue weighted by Crippen LogP contribution is 2.18. The average Bonchev–Trinajstić information content (AvgIpc) is 3.03. The smallest absolute Gasteiger partial charge is 0.258 e. The van der Waals surface area contributed by atoms with Crippen LogP contribution in [0.5, 0.6) is 5.75 Å². The van der Waals surface area contributed by atoms with Crippen LogP contribution in [0.1, 0.15) is 11.4 Å². The van der Waals surface area contributed by atoms with Gasteiger partial charge < -0.3 is 15.0 Å². The van der Waals surface area contributed by atoms with Crippen LogP contribution < -0.4 is 10.5 Å². The van der Waals surface area contributed by atoms with Crippen LogP contribution in [-0.4, -0.2) is 10.1 Å². The van der Waals surface area contributed by atoms with Crippen LogP contribution in [0, 0.1) is 0 Å². The SMILES string of the molecule is NCc1cccc(OCc2noc(-c3ccccc3)n2)c1. The van der Waals surface area contributed by atoms with Gasteiger partial charge in [-0.1, -0.05) is 35.5 Å². The van der Waals surface area contributed by atoms with Gasteiger partial charge in [0.2, 0.25) is 5.82 Å². The minimum atomic E-state index is 0.254. The van der Waals surface area contributed by atoms with Gasteiger partial charge >= 0.3 is 0 Å². The van der Waals surface area contributed by atoms with Crippen molar-refractivity contribution in [2.75, 3.05) is 0 Å². The first-order valence-corrected chi connectivity index (χ1v) is 6.65. The summed E-state index contributed by atoms with van der Waals surface area (Å²) < 4.78 is 10.9. The highest BCUT2D eigenvalue weighted by molar-refractivity contribution is 5.51. The number of benzene rings is 2. The summed E-state index contributed by atoms with van der Waals surface area (Å²) in [5.74, 6) is 1.74. The minimum absolute atomic E-state index is 0.254. The lowest BCUT2D eigenvalue weighted by Gasteiger charge is -2.04. The predicted molar refractivity (Wildman–Crippen MR) is 78.4 cm³/mol. The van der Waals surface area contributed by atoms with E-state index in [0.717, 1.165) is 16.9 Å². The van der Waals surface area contributed by atoms with E-state index in [2.05, 4.69) is 10.1 Å². The van der Waals surface area contributed by atoms with E-state index in [9.17, 15) is 0 Å². The van der Waals surface area contributed by atoms with Crippen LogP contribution in [-0.2, 0) is 13.2 Å². The summed E-state index contributed by atoms with van der Waals surface area (Å²) in [6.45, 7) is 0.738. The van der Waals surface area contributed by atoms with Gasteiger partial charge in [0, 0.05) is 12.1 Å².